The summed E-state index contributed by atoms with van der Waals surface area (Å²) in [5.74, 6) is 0.433. The lowest BCUT2D eigenvalue weighted by molar-refractivity contribution is 0.484. The smallest absolute Gasteiger partial charge is 0.295 e. The van der Waals surface area contributed by atoms with Gasteiger partial charge in [0.15, 0.2) is 0 Å². The summed E-state index contributed by atoms with van der Waals surface area (Å²) in [6.45, 7) is 0. The number of thioether (sulfide) groups is 1. The van der Waals surface area contributed by atoms with E-state index in [4.69, 9.17) is 16.0 Å². The summed E-state index contributed by atoms with van der Waals surface area (Å²) in [6, 6.07) is 20.4. The fourth-order valence-electron chi connectivity index (χ4n) is 2.87. The Morgan fingerprint density at radius 1 is 1.00 bits per heavy atom. The van der Waals surface area contributed by atoms with E-state index in [-0.39, 0.29) is 5.09 Å². The third-order valence-corrected chi connectivity index (χ3v) is 6.90. The first-order valence-electron chi connectivity index (χ1n) is 8.81. The summed E-state index contributed by atoms with van der Waals surface area (Å²) in [7, 11) is -3.97. The minimum Gasteiger partial charge on any atom is -0.443 e. The Labute approximate surface area is 182 Å². The van der Waals surface area contributed by atoms with Crippen LogP contribution in [-0.4, -0.2) is 8.42 Å². The quantitative estimate of drug-likeness (QED) is 0.249. The van der Waals surface area contributed by atoms with Crippen LogP contribution in [0.25, 0.3) is 11.0 Å². The van der Waals surface area contributed by atoms with Crippen molar-refractivity contribution in [3.63, 3.8) is 0 Å². The van der Waals surface area contributed by atoms with Gasteiger partial charge in [-0.15, -0.1) is 16.7 Å². The van der Waals surface area contributed by atoms with Crippen molar-refractivity contribution in [2.75, 3.05) is 4.72 Å². The molecule has 0 aliphatic carbocycles. The number of nitroso groups, excluding NO2 is 1. The summed E-state index contributed by atoms with van der Waals surface area (Å²) in [6.07, 6.45) is 0. The Morgan fingerprint density at radius 3 is 2.57 bits per heavy atom. The summed E-state index contributed by atoms with van der Waals surface area (Å²) in [5.41, 5.74) is 1.91. The Hall–Kier alpha value is -2.81. The highest BCUT2D eigenvalue weighted by molar-refractivity contribution is 7.98. The van der Waals surface area contributed by atoms with Crippen LogP contribution in [0.15, 0.2) is 92.4 Å². The fourth-order valence-corrected chi connectivity index (χ4v) is 5.13. The van der Waals surface area contributed by atoms with Crippen LogP contribution < -0.4 is 4.72 Å². The molecular weight excluding hydrogens is 444 g/mol. The number of benzene rings is 3. The second kappa shape index (κ2) is 8.51. The molecule has 3 aromatic carbocycles. The lowest BCUT2D eigenvalue weighted by atomic mass is 10.2. The molecule has 0 aliphatic rings. The van der Waals surface area contributed by atoms with E-state index in [9.17, 15) is 13.3 Å². The van der Waals surface area contributed by atoms with Gasteiger partial charge >= 0.3 is 0 Å². The summed E-state index contributed by atoms with van der Waals surface area (Å²) >= 11 is 7.46. The molecule has 0 bridgehead atoms. The molecule has 0 amide bonds. The third-order valence-electron chi connectivity index (χ3n) is 4.33. The lowest BCUT2D eigenvalue weighted by Crippen LogP contribution is -2.12. The molecule has 0 radical (unpaired) electrons. The molecule has 0 aliphatic heterocycles. The average Bonchev–Trinajstić information content (AvgIpc) is 3.18. The zero-order valence-corrected chi connectivity index (χ0v) is 17.8. The van der Waals surface area contributed by atoms with Crippen LogP contribution in [-0.2, 0) is 15.8 Å². The molecule has 0 saturated carbocycles. The van der Waals surface area contributed by atoms with E-state index in [1.807, 2.05) is 6.07 Å². The van der Waals surface area contributed by atoms with Crippen LogP contribution >= 0.6 is 23.4 Å². The van der Waals surface area contributed by atoms with Gasteiger partial charge in [-0.3, -0.25) is 4.72 Å². The third kappa shape index (κ3) is 4.35. The van der Waals surface area contributed by atoms with Gasteiger partial charge in [-0.05, 0) is 41.1 Å². The number of hydrogen-bond donors (Lipinski definition) is 1. The van der Waals surface area contributed by atoms with Crippen molar-refractivity contribution in [1.82, 2.24) is 0 Å². The Kier molecular flexibility index (Phi) is 5.80. The van der Waals surface area contributed by atoms with Crippen molar-refractivity contribution >= 4 is 55.7 Å². The summed E-state index contributed by atoms with van der Waals surface area (Å²) in [4.78, 5) is 11.6. The number of nitrogens with zero attached hydrogens (tertiary/aromatic N) is 1. The molecule has 6 nitrogen and oxygen atoms in total. The van der Waals surface area contributed by atoms with Gasteiger partial charge in [0.2, 0.25) is 5.09 Å². The molecule has 152 valence electrons. The van der Waals surface area contributed by atoms with Crippen molar-refractivity contribution in [3.8, 4) is 0 Å². The molecule has 0 atom stereocenters. The van der Waals surface area contributed by atoms with Crippen LogP contribution in [0.5, 0.6) is 0 Å². The maximum atomic E-state index is 12.9. The molecule has 9 heteroatoms. The topological polar surface area (TPSA) is 88.7 Å². The monoisotopic (exact) mass is 458 g/mol. The van der Waals surface area contributed by atoms with Crippen LogP contribution in [0, 0.1) is 4.91 Å². The molecule has 4 aromatic rings. The SMILES string of the molecule is O=Nc1ccccc1CSc1ccc(Cl)cc1NS(=O)(=O)c1cc2ccccc2o1. The highest BCUT2D eigenvalue weighted by atomic mass is 35.5. The molecule has 0 unspecified atom stereocenters. The van der Waals surface area contributed by atoms with Gasteiger partial charge in [-0.25, -0.2) is 0 Å². The highest BCUT2D eigenvalue weighted by Gasteiger charge is 2.21. The first-order chi connectivity index (χ1) is 14.5. The molecule has 1 N–H and O–H groups in total. The highest BCUT2D eigenvalue weighted by Crippen LogP contribution is 2.35. The zero-order valence-electron chi connectivity index (χ0n) is 15.4. The van der Waals surface area contributed by atoms with E-state index in [1.165, 1.54) is 23.9 Å². The van der Waals surface area contributed by atoms with Gasteiger partial charge < -0.3 is 4.42 Å². The lowest BCUT2D eigenvalue weighted by Gasteiger charge is -2.12. The van der Waals surface area contributed by atoms with Gasteiger partial charge in [0.25, 0.3) is 10.0 Å². The van der Waals surface area contributed by atoms with Crippen molar-refractivity contribution < 1.29 is 12.8 Å². The molecule has 0 fully saturated rings. The van der Waals surface area contributed by atoms with E-state index >= 15 is 0 Å². The number of hydrogen-bond acceptors (Lipinski definition) is 6. The standard InChI is InChI=1S/C21H15ClN2O4S2/c22-16-9-10-20(29-13-15-6-1-3-7-17(15)23-25)18(12-16)24-30(26,27)21-11-14-5-2-4-8-19(14)28-21/h1-12,24H,13H2. The number of anilines is 1. The number of sulfonamides is 1. The first-order valence-corrected chi connectivity index (χ1v) is 11.7. The van der Waals surface area contributed by atoms with E-state index in [0.717, 1.165) is 5.56 Å². The van der Waals surface area contributed by atoms with E-state index in [0.29, 0.717) is 38.0 Å². The van der Waals surface area contributed by atoms with Crippen LogP contribution in [0.2, 0.25) is 5.02 Å². The Morgan fingerprint density at radius 2 is 1.77 bits per heavy atom. The second-order valence-electron chi connectivity index (χ2n) is 6.36. The van der Waals surface area contributed by atoms with E-state index in [1.54, 1.807) is 54.6 Å². The minimum atomic E-state index is -3.97. The molecule has 1 heterocycles. The molecule has 1 aromatic heterocycles. The number of para-hydroxylation sites is 1. The zero-order chi connectivity index (χ0) is 21.1. The minimum absolute atomic E-state index is 0.185. The van der Waals surface area contributed by atoms with Gasteiger partial charge in [-0.1, -0.05) is 48.0 Å². The van der Waals surface area contributed by atoms with E-state index in [2.05, 4.69) is 9.90 Å². The van der Waals surface area contributed by atoms with Crippen molar-refractivity contribution in [3.05, 3.63) is 88.3 Å². The summed E-state index contributed by atoms with van der Waals surface area (Å²) in [5, 5.41) is 3.92. The number of fused-ring (bicyclic) bond motifs is 1. The Balaban J connectivity index is 1.62. The van der Waals surface area contributed by atoms with Gasteiger partial charge in [0.05, 0.1) is 5.69 Å². The van der Waals surface area contributed by atoms with Crippen molar-refractivity contribution in [1.29, 1.82) is 0 Å². The fraction of sp³-hybridized carbons (Fsp3) is 0.0476. The maximum absolute atomic E-state index is 12.9. The molecule has 30 heavy (non-hydrogen) atoms. The number of furan rings is 1. The maximum Gasteiger partial charge on any atom is 0.295 e. The second-order valence-corrected chi connectivity index (χ2v) is 9.42. The molecule has 0 spiro atoms. The van der Waals surface area contributed by atoms with Crippen molar-refractivity contribution in [2.24, 2.45) is 5.18 Å². The normalized spacial score (nSPS) is 11.5. The van der Waals surface area contributed by atoms with Crippen LogP contribution in [0.1, 0.15) is 5.56 Å². The Bertz CT molecular complexity index is 1300. The summed E-state index contributed by atoms with van der Waals surface area (Å²) < 4.78 is 33.8. The number of halogens is 1. The average molecular weight is 459 g/mol. The van der Waals surface area contributed by atoms with Gasteiger partial charge in [0.1, 0.15) is 11.3 Å². The van der Waals surface area contributed by atoms with Gasteiger partial charge in [0, 0.05) is 27.1 Å². The van der Waals surface area contributed by atoms with Crippen LogP contribution in [0.3, 0.4) is 0 Å². The largest absolute Gasteiger partial charge is 0.443 e. The predicted octanol–water partition coefficient (Wildman–Crippen LogP) is 6.58. The molecular formula is C21H15ClN2O4S2. The number of nitrogens with one attached hydrogen (secondary N) is 1. The molecule has 0 saturated heterocycles. The van der Waals surface area contributed by atoms with Crippen molar-refractivity contribution in [2.45, 2.75) is 15.7 Å². The molecule has 4 rings (SSSR count). The predicted molar refractivity (Wildman–Crippen MR) is 120 cm³/mol. The number of rotatable bonds is 7. The van der Waals surface area contributed by atoms with Crippen LogP contribution in [0.4, 0.5) is 11.4 Å². The first kappa shape index (κ1) is 20.5. The van der Waals surface area contributed by atoms with Gasteiger partial charge in [-0.2, -0.15) is 8.42 Å². The van der Waals surface area contributed by atoms with E-state index < -0.39 is 10.0 Å².